The molecule has 0 atom stereocenters. The summed E-state index contributed by atoms with van der Waals surface area (Å²) in [5.74, 6) is 5.29. The van der Waals surface area contributed by atoms with Crippen molar-refractivity contribution in [2.75, 3.05) is 11.9 Å². The summed E-state index contributed by atoms with van der Waals surface area (Å²) in [4.78, 5) is 12.0. The van der Waals surface area contributed by atoms with Crippen molar-refractivity contribution >= 4 is 11.6 Å². The van der Waals surface area contributed by atoms with E-state index in [1.54, 1.807) is 19.1 Å². The molecule has 0 fully saturated rings. The van der Waals surface area contributed by atoms with Crippen molar-refractivity contribution in [2.45, 2.75) is 13.8 Å². The number of hydrogen-bond acceptors (Lipinski definition) is 4. The third-order valence-corrected chi connectivity index (χ3v) is 2.74. The first-order valence-corrected chi connectivity index (χ1v) is 6.05. The van der Waals surface area contributed by atoms with E-state index < -0.39 is 0 Å². The van der Waals surface area contributed by atoms with Crippen LogP contribution in [0.3, 0.4) is 0 Å². The molecule has 1 heterocycles. The maximum absolute atomic E-state index is 12.0. The summed E-state index contributed by atoms with van der Waals surface area (Å²) in [6.07, 6.45) is 1.49. The van der Waals surface area contributed by atoms with E-state index in [2.05, 4.69) is 22.3 Å². The summed E-state index contributed by atoms with van der Waals surface area (Å²) in [5, 5.41) is 15.0. The number of hydrogen-bond donors (Lipinski definition) is 2. The van der Waals surface area contributed by atoms with Gasteiger partial charge in [-0.2, -0.15) is 0 Å². The van der Waals surface area contributed by atoms with Crippen LogP contribution in [0.1, 0.15) is 27.2 Å². The number of carbonyl (C=O) groups is 1. The van der Waals surface area contributed by atoms with E-state index >= 15 is 0 Å². The van der Waals surface area contributed by atoms with Crippen LogP contribution in [-0.4, -0.2) is 22.8 Å². The van der Waals surface area contributed by atoms with E-state index in [0.29, 0.717) is 11.3 Å². The molecule has 0 radical (unpaired) electrons. The van der Waals surface area contributed by atoms with Gasteiger partial charge < -0.3 is 14.9 Å². The fraction of sp³-hybridized carbons (Fsp3) is 0.200. The van der Waals surface area contributed by atoms with E-state index in [0.717, 1.165) is 11.1 Å². The Hall–Kier alpha value is -2.58. The van der Waals surface area contributed by atoms with Gasteiger partial charge in [0, 0.05) is 16.8 Å². The number of nitrogens with zero attached hydrogens (tertiary/aromatic N) is 1. The van der Waals surface area contributed by atoms with Crippen LogP contribution >= 0.6 is 0 Å². The van der Waals surface area contributed by atoms with Crippen LogP contribution in [0.2, 0.25) is 0 Å². The molecule has 0 bridgehead atoms. The van der Waals surface area contributed by atoms with Crippen LogP contribution in [0.25, 0.3) is 0 Å². The number of aromatic nitrogens is 1. The first-order chi connectivity index (χ1) is 9.61. The van der Waals surface area contributed by atoms with Crippen molar-refractivity contribution in [1.29, 1.82) is 0 Å². The monoisotopic (exact) mass is 270 g/mol. The highest BCUT2D eigenvalue weighted by Crippen LogP contribution is 2.16. The molecule has 1 aromatic carbocycles. The zero-order valence-electron chi connectivity index (χ0n) is 11.2. The minimum Gasteiger partial charge on any atom is -0.384 e. The average Bonchev–Trinajstić information content (AvgIpc) is 2.84. The van der Waals surface area contributed by atoms with Gasteiger partial charge in [0.25, 0.3) is 5.91 Å². The molecule has 0 unspecified atom stereocenters. The van der Waals surface area contributed by atoms with Gasteiger partial charge in [0.1, 0.15) is 6.61 Å². The molecule has 2 rings (SSSR count). The summed E-state index contributed by atoms with van der Waals surface area (Å²) < 4.78 is 4.89. The number of anilines is 1. The Bertz CT molecular complexity index is 693. The van der Waals surface area contributed by atoms with Crippen LogP contribution in [-0.2, 0) is 0 Å². The summed E-state index contributed by atoms with van der Waals surface area (Å²) in [5.41, 5.74) is 3.06. The van der Waals surface area contributed by atoms with Crippen molar-refractivity contribution in [3.8, 4) is 11.8 Å². The highest BCUT2D eigenvalue weighted by atomic mass is 16.5. The zero-order chi connectivity index (χ0) is 14.5. The largest absolute Gasteiger partial charge is 0.384 e. The molecule has 0 aliphatic heterocycles. The van der Waals surface area contributed by atoms with Gasteiger partial charge in [-0.1, -0.05) is 17.0 Å². The maximum Gasteiger partial charge on any atom is 0.294 e. The average molecular weight is 270 g/mol. The van der Waals surface area contributed by atoms with Crippen LogP contribution in [0, 0.1) is 25.7 Å². The molecule has 0 spiro atoms. The third-order valence-electron chi connectivity index (χ3n) is 2.74. The van der Waals surface area contributed by atoms with Gasteiger partial charge in [-0.15, -0.1) is 0 Å². The third kappa shape index (κ3) is 3.05. The van der Waals surface area contributed by atoms with Crippen LogP contribution < -0.4 is 5.32 Å². The molecule has 0 saturated carbocycles. The van der Waals surface area contributed by atoms with E-state index in [1.165, 1.54) is 6.20 Å². The molecule has 5 nitrogen and oxygen atoms in total. The number of rotatable bonds is 2. The standard InChI is InChI=1S/C15H14N2O3/c1-10-8-13(6-5-12(10)4-3-7-18)17-15(19)14-11(2)9-16-20-14/h5-6,8-9,18H,7H2,1-2H3,(H,17,19). The van der Waals surface area contributed by atoms with E-state index in [-0.39, 0.29) is 18.3 Å². The molecule has 2 aromatic rings. The number of aryl methyl sites for hydroxylation is 2. The van der Waals surface area contributed by atoms with Crippen molar-refractivity contribution in [2.24, 2.45) is 0 Å². The molecule has 0 aliphatic rings. The second kappa shape index (κ2) is 6.04. The van der Waals surface area contributed by atoms with Gasteiger partial charge in [-0.25, -0.2) is 0 Å². The first kappa shape index (κ1) is 13.8. The van der Waals surface area contributed by atoms with Gasteiger partial charge in [0.2, 0.25) is 5.76 Å². The number of aliphatic hydroxyl groups is 1. The van der Waals surface area contributed by atoms with Gasteiger partial charge in [0.05, 0.1) is 6.20 Å². The normalized spacial score (nSPS) is 9.75. The molecule has 2 N–H and O–H groups in total. The van der Waals surface area contributed by atoms with Crippen LogP contribution in [0.15, 0.2) is 28.9 Å². The highest BCUT2D eigenvalue weighted by Gasteiger charge is 2.14. The second-order valence-corrected chi connectivity index (χ2v) is 4.28. The summed E-state index contributed by atoms with van der Waals surface area (Å²) in [6.45, 7) is 3.46. The molecule has 1 amide bonds. The molecule has 5 heteroatoms. The van der Waals surface area contributed by atoms with Gasteiger partial charge in [-0.3, -0.25) is 4.79 Å². The van der Waals surface area contributed by atoms with Crippen molar-refractivity contribution in [3.63, 3.8) is 0 Å². The number of carbonyl (C=O) groups excluding carboxylic acids is 1. The molecule has 0 saturated heterocycles. The number of benzene rings is 1. The minimum absolute atomic E-state index is 0.178. The lowest BCUT2D eigenvalue weighted by Gasteiger charge is -2.06. The van der Waals surface area contributed by atoms with Crippen LogP contribution in [0.4, 0.5) is 5.69 Å². The van der Waals surface area contributed by atoms with Gasteiger partial charge >= 0.3 is 0 Å². The summed E-state index contributed by atoms with van der Waals surface area (Å²) >= 11 is 0. The fourth-order valence-corrected chi connectivity index (χ4v) is 1.71. The molecule has 102 valence electrons. The number of nitrogens with one attached hydrogen (secondary N) is 1. The van der Waals surface area contributed by atoms with Crippen LogP contribution in [0.5, 0.6) is 0 Å². The smallest absolute Gasteiger partial charge is 0.294 e. The van der Waals surface area contributed by atoms with Gasteiger partial charge in [0.15, 0.2) is 0 Å². The number of aliphatic hydroxyl groups excluding tert-OH is 1. The summed E-state index contributed by atoms with van der Waals surface area (Å²) in [6, 6.07) is 5.35. The topological polar surface area (TPSA) is 75.4 Å². The Kier molecular flexibility index (Phi) is 4.18. The zero-order valence-corrected chi connectivity index (χ0v) is 11.2. The minimum atomic E-state index is -0.339. The fourth-order valence-electron chi connectivity index (χ4n) is 1.71. The van der Waals surface area contributed by atoms with Crippen molar-refractivity contribution in [3.05, 3.63) is 46.8 Å². The Morgan fingerprint density at radius 2 is 2.20 bits per heavy atom. The predicted octanol–water partition coefficient (Wildman–Crippen LogP) is 1.89. The molecule has 0 aliphatic carbocycles. The molecular weight excluding hydrogens is 256 g/mol. The number of amides is 1. The SMILES string of the molecule is Cc1cc(NC(=O)c2oncc2C)ccc1C#CCO. The predicted molar refractivity (Wildman–Crippen MR) is 74.3 cm³/mol. The Balaban J connectivity index is 2.17. The van der Waals surface area contributed by atoms with E-state index in [9.17, 15) is 4.79 Å². The lowest BCUT2D eigenvalue weighted by atomic mass is 10.1. The Labute approximate surface area is 116 Å². The Morgan fingerprint density at radius 3 is 2.80 bits per heavy atom. The summed E-state index contributed by atoms with van der Waals surface area (Å²) in [7, 11) is 0. The lowest BCUT2D eigenvalue weighted by molar-refractivity contribution is 0.0987. The Morgan fingerprint density at radius 1 is 1.40 bits per heavy atom. The van der Waals surface area contributed by atoms with Crippen molar-refractivity contribution < 1.29 is 14.4 Å². The second-order valence-electron chi connectivity index (χ2n) is 4.28. The van der Waals surface area contributed by atoms with Crippen molar-refractivity contribution in [1.82, 2.24) is 5.16 Å². The lowest BCUT2D eigenvalue weighted by Crippen LogP contribution is -2.12. The quantitative estimate of drug-likeness (QED) is 0.817. The highest BCUT2D eigenvalue weighted by molar-refractivity contribution is 6.03. The molecule has 20 heavy (non-hydrogen) atoms. The van der Waals surface area contributed by atoms with E-state index in [4.69, 9.17) is 9.63 Å². The van der Waals surface area contributed by atoms with E-state index in [1.807, 2.05) is 13.0 Å². The molecule has 1 aromatic heterocycles. The van der Waals surface area contributed by atoms with Gasteiger partial charge in [-0.05, 0) is 37.6 Å². The molecular formula is C15H14N2O3. The maximum atomic E-state index is 12.0. The first-order valence-electron chi connectivity index (χ1n) is 6.05.